The Morgan fingerprint density at radius 3 is 2.23 bits per heavy atom. The van der Waals surface area contributed by atoms with E-state index in [-0.39, 0.29) is 11.9 Å². The SMILES string of the molecule is C[C@@H](OCc1ccccc1)[C@@H](NC(=O)OC(C)(C)C)C(=O)NC1CCCCCCC1. The fraction of sp³-hybridized carbons (Fsp3) is 0.667. The Morgan fingerprint density at radius 1 is 1.03 bits per heavy atom. The largest absolute Gasteiger partial charge is 0.444 e. The van der Waals surface area contributed by atoms with E-state index in [1.54, 1.807) is 20.8 Å². The van der Waals surface area contributed by atoms with Crippen LogP contribution in [0, 0.1) is 0 Å². The molecule has 1 aliphatic rings. The van der Waals surface area contributed by atoms with Crippen molar-refractivity contribution in [1.29, 1.82) is 0 Å². The van der Waals surface area contributed by atoms with Crippen molar-refractivity contribution in [3.63, 3.8) is 0 Å². The summed E-state index contributed by atoms with van der Waals surface area (Å²) < 4.78 is 11.3. The van der Waals surface area contributed by atoms with Crippen LogP contribution in [-0.4, -0.2) is 35.8 Å². The van der Waals surface area contributed by atoms with Gasteiger partial charge in [0.2, 0.25) is 5.91 Å². The third kappa shape index (κ3) is 9.16. The maximum absolute atomic E-state index is 13.1. The van der Waals surface area contributed by atoms with Gasteiger partial charge in [0.1, 0.15) is 11.6 Å². The summed E-state index contributed by atoms with van der Waals surface area (Å²) in [5, 5.41) is 5.87. The van der Waals surface area contributed by atoms with E-state index in [2.05, 4.69) is 10.6 Å². The molecule has 0 aliphatic heterocycles. The number of benzene rings is 1. The highest BCUT2D eigenvalue weighted by Crippen LogP contribution is 2.18. The Morgan fingerprint density at radius 2 is 1.63 bits per heavy atom. The molecule has 0 radical (unpaired) electrons. The van der Waals surface area contributed by atoms with Crippen LogP contribution in [0.15, 0.2) is 30.3 Å². The molecule has 1 aromatic carbocycles. The zero-order valence-electron chi connectivity index (χ0n) is 18.9. The lowest BCUT2D eigenvalue weighted by atomic mass is 9.96. The zero-order valence-corrected chi connectivity index (χ0v) is 18.9. The molecule has 2 rings (SSSR count). The van der Waals surface area contributed by atoms with Crippen molar-refractivity contribution in [2.45, 2.75) is 103 Å². The lowest BCUT2D eigenvalue weighted by Gasteiger charge is -2.29. The minimum Gasteiger partial charge on any atom is -0.444 e. The number of ether oxygens (including phenoxy) is 2. The molecule has 0 saturated heterocycles. The van der Waals surface area contributed by atoms with E-state index in [0.717, 1.165) is 31.2 Å². The second-order valence-corrected chi connectivity index (χ2v) is 9.18. The number of hydrogen-bond donors (Lipinski definition) is 2. The lowest BCUT2D eigenvalue weighted by molar-refractivity contribution is -0.128. The molecular formula is C24H38N2O4. The number of nitrogens with one attached hydrogen (secondary N) is 2. The summed E-state index contributed by atoms with van der Waals surface area (Å²) in [5.41, 5.74) is 0.375. The van der Waals surface area contributed by atoms with E-state index in [0.29, 0.717) is 6.61 Å². The van der Waals surface area contributed by atoms with E-state index in [9.17, 15) is 9.59 Å². The van der Waals surface area contributed by atoms with E-state index in [1.165, 1.54) is 19.3 Å². The predicted molar refractivity (Wildman–Crippen MR) is 118 cm³/mol. The van der Waals surface area contributed by atoms with Crippen LogP contribution < -0.4 is 10.6 Å². The summed E-state index contributed by atoms with van der Waals surface area (Å²) in [4.78, 5) is 25.5. The number of carbonyl (C=O) groups excluding carboxylic acids is 2. The minimum atomic E-state index is -0.825. The summed E-state index contributed by atoms with van der Waals surface area (Å²) in [6.07, 6.45) is 6.76. The van der Waals surface area contributed by atoms with Gasteiger partial charge in [-0.15, -0.1) is 0 Å². The van der Waals surface area contributed by atoms with Crippen molar-refractivity contribution in [2.75, 3.05) is 0 Å². The molecule has 168 valence electrons. The van der Waals surface area contributed by atoms with Crippen LogP contribution in [0.3, 0.4) is 0 Å². The number of carbonyl (C=O) groups is 2. The van der Waals surface area contributed by atoms with Crippen molar-refractivity contribution in [3.8, 4) is 0 Å². The van der Waals surface area contributed by atoms with Crippen LogP contribution in [0.2, 0.25) is 0 Å². The normalized spacial score (nSPS) is 17.9. The first-order chi connectivity index (χ1) is 14.2. The van der Waals surface area contributed by atoms with Crippen molar-refractivity contribution < 1.29 is 19.1 Å². The second kappa shape index (κ2) is 11.9. The van der Waals surface area contributed by atoms with Gasteiger partial charge in [-0.1, -0.05) is 62.4 Å². The van der Waals surface area contributed by atoms with Gasteiger partial charge in [0.25, 0.3) is 0 Å². The Hall–Kier alpha value is -2.08. The van der Waals surface area contributed by atoms with Gasteiger partial charge in [0.15, 0.2) is 0 Å². The number of hydrogen-bond acceptors (Lipinski definition) is 4. The summed E-state index contributed by atoms with van der Waals surface area (Å²) in [6, 6.07) is 9.09. The van der Waals surface area contributed by atoms with Gasteiger partial charge in [-0.05, 0) is 46.1 Å². The number of alkyl carbamates (subject to hydrolysis) is 1. The average Bonchev–Trinajstić information content (AvgIpc) is 2.65. The molecule has 6 nitrogen and oxygen atoms in total. The monoisotopic (exact) mass is 418 g/mol. The standard InChI is InChI=1S/C24H38N2O4/c1-18(29-17-19-13-9-8-10-14-19)21(26-23(28)30-24(2,3)4)22(27)25-20-15-11-6-5-7-12-16-20/h8-10,13-14,18,20-21H,5-7,11-12,15-17H2,1-4H3,(H,25,27)(H,26,28)/t18-,21-/m1/s1. The summed E-state index contributed by atoms with van der Waals surface area (Å²) in [7, 11) is 0. The molecule has 2 amide bonds. The first kappa shape index (κ1) is 24.2. The Bertz CT molecular complexity index is 649. The third-order valence-electron chi connectivity index (χ3n) is 5.23. The fourth-order valence-electron chi connectivity index (χ4n) is 3.62. The molecule has 0 heterocycles. The molecule has 1 aliphatic carbocycles. The van der Waals surface area contributed by atoms with Crippen molar-refractivity contribution in [3.05, 3.63) is 35.9 Å². The molecule has 1 aromatic rings. The van der Waals surface area contributed by atoms with Gasteiger partial charge in [0.05, 0.1) is 12.7 Å². The maximum atomic E-state index is 13.1. The minimum absolute atomic E-state index is 0.141. The van der Waals surface area contributed by atoms with Crippen LogP contribution >= 0.6 is 0 Å². The van der Waals surface area contributed by atoms with Crippen molar-refractivity contribution >= 4 is 12.0 Å². The van der Waals surface area contributed by atoms with E-state index in [1.807, 2.05) is 37.3 Å². The molecule has 2 N–H and O–H groups in total. The predicted octanol–water partition coefficient (Wildman–Crippen LogP) is 4.71. The van der Waals surface area contributed by atoms with Crippen LogP contribution in [0.1, 0.15) is 78.2 Å². The van der Waals surface area contributed by atoms with Gasteiger partial charge in [0, 0.05) is 6.04 Å². The molecule has 1 fully saturated rings. The molecule has 0 spiro atoms. The van der Waals surface area contributed by atoms with Crippen LogP contribution in [0.25, 0.3) is 0 Å². The Kier molecular flexibility index (Phi) is 9.63. The molecular weight excluding hydrogens is 380 g/mol. The van der Waals surface area contributed by atoms with Crippen molar-refractivity contribution in [1.82, 2.24) is 10.6 Å². The number of amides is 2. The van der Waals surface area contributed by atoms with Gasteiger partial charge < -0.3 is 20.1 Å². The average molecular weight is 419 g/mol. The van der Waals surface area contributed by atoms with E-state index >= 15 is 0 Å². The first-order valence-corrected chi connectivity index (χ1v) is 11.2. The van der Waals surface area contributed by atoms with Crippen LogP contribution in [-0.2, 0) is 20.9 Å². The summed E-state index contributed by atoms with van der Waals surface area (Å²) >= 11 is 0. The highest BCUT2D eigenvalue weighted by Gasteiger charge is 2.31. The van der Waals surface area contributed by atoms with Crippen LogP contribution in [0.5, 0.6) is 0 Å². The van der Waals surface area contributed by atoms with E-state index < -0.39 is 23.8 Å². The molecule has 1 saturated carbocycles. The summed E-state index contributed by atoms with van der Waals surface area (Å²) in [5.74, 6) is -0.216. The molecule has 2 atom stereocenters. The highest BCUT2D eigenvalue weighted by atomic mass is 16.6. The smallest absolute Gasteiger partial charge is 0.408 e. The van der Waals surface area contributed by atoms with Gasteiger partial charge >= 0.3 is 6.09 Å². The summed E-state index contributed by atoms with van der Waals surface area (Å²) in [6.45, 7) is 7.57. The Labute approximate surface area is 181 Å². The number of rotatable bonds is 7. The fourth-order valence-corrected chi connectivity index (χ4v) is 3.62. The molecule has 0 aromatic heterocycles. The topological polar surface area (TPSA) is 76.7 Å². The second-order valence-electron chi connectivity index (χ2n) is 9.18. The lowest BCUT2D eigenvalue weighted by Crippen LogP contribution is -2.55. The third-order valence-corrected chi connectivity index (χ3v) is 5.23. The quantitative estimate of drug-likeness (QED) is 0.672. The Balaban J connectivity index is 2.02. The maximum Gasteiger partial charge on any atom is 0.408 e. The van der Waals surface area contributed by atoms with Crippen molar-refractivity contribution in [2.24, 2.45) is 0 Å². The first-order valence-electron chi connectivity index (χ1n) is 11.2. The highest BCUT2D eigenvalue weighted by molar-refractivity contribution is 5.86. The molecule has 0 bridgehead atoms. The van der Waals surface area contributed by atoms with Gasteiger partial charge in [-0.25, -0.2) is 4.79 Å². The zero-order chi connectivity index (χ0) is 22.0. The molecule has 0 unspecified atom stereocenters. The van der Waals surface area contributed by atoms with Gasteiger partial charge in [-0.3, -0.25) is 4.79 Å². The molecule has 30 heavy (non-hydrogen) atoms. The van der Waals surface area contributed by atoms with Crippen LogP contribution in [0.4, 0.5) is 4.79 Å². The van der Waals surface area contributed by atoms with E-state index in [4.69, 9.17) is 9.47 Å². The molecule has 6 heteroatoms. The van der Waals surface area contributed by atoms with Gasteiger partial charge in [-0.2, -0.15) is 0 Å².